The van der Waals surface area contributed by atoms with Crippen molar-refractivity contribution in [1.82, 2.24) is 24.8 Å². The smallest absolute Gasteiger partial charge is 0.193 e. The normalized spacial score (nSPS) is 15.8. The van der Waals surface area contributed by atoms with Gasteiger partial charge in [-0.05, 0) is 24.3 Å². The number of ether oxygens (including phenoxy) is 1. The van der Waals surface area contributed by atoms with Crippen LogP contribution in [0.5, 0.6) is 5.75 Å². The predicted molar refractivity (Wildman–Crippen MR) is 110 cm³/mol. The number of nitrogens with zero attached hydrogens (tertiary/aromatic N) is 5. The van der Waals surface area contributed by atoms with Gasteiger partial charge in [-0.2, -0.15) is 0 Å². The molecule has 1 N–H and O–H groups in total. The first-order valence-corrected chi connectivity index (χ1v) is 9.79. The number of piperidine rings is 1. The van der Waals surface area contributed by atoms with Crippen molar-refractivity contribution < 1.29 is 4.74 Å². The third-order valence-electron chi connectivity index (χ3n) is 5.02. The van der Waals surface area contributed by atoms with Crippen molar-refractivity contribution in [2.24, 2.45) is 4.99 Å². The van der Waals surface area contributed by atoms with Gasteiger partial charge in [0.25, 0.3) is 0 Å². The van der Waals surface area contributed by atoms with E-state index in [1.165, 1.54) is 0 Å². The second-order valence-electron chi connectivity index (χ2n) is 6.89. The van der Waals surface area contributed by atoms with E-state index in [0.29, 0.717) is 0 Å². The second kappa shape index (κ2) is 8.73. The fraction of sp³-hybridized carbons (Fsp3) is 0.381. The molecule has 4 rings (SSSR count). The summed E-state index contributed by atoms with van der Waals surface area (Å²) in [6.45, 7) is 2.64. The second-order valence-corrected chi connectivity index (χ2v) is 6.89. The molecule has 3 heterocycles. The summed E-state index contributed by atoms with van der Waals surface area (Å²) in [6, 6.07) is 16.0. The molecule has 0 unspecified atom stereocenters. The topological polar surface area (TPSA) is 67.0 Å². The number of benzene rings is 1. The summed E-state index contributed by atoms with van der Waals surface area (Å²) in [6.07, 6.45) is 5.03. The fourth-order valence-electron chi connectivity index (χ4n) is 3.56. The van der Waals surface area contributed by atoms with Crippen LogP contribution in [0.15, 0.2) is 59.7 Å². The average molecular weight is 378 g/mol. The number of hydrogen-bond donors (Lipinski definition) is 1. The number of aromatic nitrogens is 3. The van der Waals surface area contributed by atoms with Gasteiger partial charge in [-0.25, -0.2) is 0 Å². The summed E-state index contributed by atoms with van der Waals surface area (Å²) in [7, 11) is 1.83. The molecule has 1 aliphatic heterocycles. The third-order valence-corrected chi connectivity index (χ3v) is 5.02. The van der Waals surface area contributed by atoms with Crippen molar-refractivity contribution in [3.63, 3.8) is 0 Å². The molecule has 0 saturated carbocycles. The average Bonchev–Trinajstić information content (AvgIpc) is 3.16. The summed E-state index contributed by atoms with van der Waals surface area (Å²) in [5.41, 5.74) is 0.877. The Morgan fingerprint density at radius 1 is 1.11 bits per heavy atom. The predicted octanol–water partition coefficient (Wildman–Crippen LogP) is 2.39. The van der Waals surface area contributed by atoms with Crippen molar-refractivity contribution in [2.75, 3.05) is 26.7 Å². The molecule has 7 nitrogen and oxygen atoms in total. The van der Waals surface area contributed by atoms with Crippen LogP contribution in [-0.2, 0) is 6.42 Å². The lowest BCUT2D eigenvalue weighted by atomic mass is 10.1. The molecular formula is C21H26N6O. The van der Waals surface area contributed by atoms with Gasteiger partial charge in [0.05, 0.1) is 0 Å². The van der Waals surface area contributed by atoms with E-state index in [1.54, 1.807) is 0 Å². The van der Waals surface area contributed by atoms with Gasteiger partial charge in [0, 0.05) is 52.1 Å². The largest absolute Gasteiger partial charge is 0.490 e. The number of pyridine rings is 1. The number of nitrogens with one attached hydrogen (secondary N) is 1. The molecule has 0 radical (unpaired) electrons. The molecule has 0 atom stereocenters. The summed E-state index contributed by atoms with van der Waals surface area (Å²) in [4.78, 5) is 6.75. The SMILES string of the molecule is CN=C(NCCc1nnc2ccccn12)N1CCC(Oc2ccccc2)CC1. The fourth-order valence-corrected chi connectivity index (χ4v) is 3.56. The molecule has 1 aromatic carbocycles. The molecule has 0 spiro atoms. The number of guanidine groups is 1. The lowest BCUT2D eigenvalue weighted by Crippen LogP contribution is -2.47. The Labute approximate surface area is 165 Å². The number of fused-ring (bicyclic) bond motifs is 1. The van der Waals surface area contributed by atoms with Crippen LogP contribution < -0.4 is 10.1 Å². The van der Waals surface area contributed by atoms with Gasteiger partial charge in [0.2, 0.25) is 0 Å². The molecule has 0 aliphatic carbocycles. The van der Waals surface area contributed by atoms with Crippen LogP contribution >= 0.6 is 0 Å². The Hall–Kier alpha value is -3.09. The number of aliphatic imine (C=N–C) groups is 1. The molecule has 2 aromatic heterocycles. The molecule has 1 saturated heterocycles. The Kier molecular flexibility index (Phi) is 5.70. The van der Waals surface area contributed by atoms with E-state index in [4.69, 9.17) is 4.74 Å². The Morgan fingerprint density at radius 2 is 1.89 bits per heavy atom. The zero-order valence-electron chi connectivity index (χ0n) is 16.2. The Balaban J connectivity index is 1.26. The lowest BCUT2D eigenvalue weighted by molar-refractivity contribution is 0.129. The van der Waals surface area contributed by atoms with E-state index in [-0.39, 0.29) is 6.10 Å². The van der Waals surface area contributed by atoms with Crippen molar-refractivity contribution in [3.8, 4) is 5.75 Å². The van der Waals surface area contributed by atoms with Gasteiger partial charge >= 0.3 is 0 Å². The highest BCUT2D eigenvalue weighted by Crippen LogP contribution is 2.18. The minimum Gasteiger partial charge on any atom is -0.490 e. The third kappa shape index (κ3) is 4.24. The standard InChI is InChI=1S/C21H26N6O/c1-22-21(23-13-10-20-25-24-19-9-5-6-14-27(19)20)26-15-11-18(12-16-26)28-17-7-3-2-4-8-17/h2-9,14,18H,10-13,15-16H2,1H3,(H,22,23). The molecule has 146 valence electrons. The molecule has 3 aromatic rings. The Morgan fingerprint density at radius 3 is 2.68 bits per heavy atom. The van der Waals surface area contributed by atoms with Gasteiger partial charge in [-0.15, -0.1) is 10.2 Å². The quantitative estimate of drug-likeness (QED) is 0.545. The summed E-state index contributed by atoms with van der Waals surface area (Å²) in [5, 5.41) is 11.9. The van der Waals surface area contributed by atoms with Gasteiger partial charge in [0.1, 0.15) is 17.7 Å². The first-order valence-electron chi connectivity index (χ1n) is 9.79. The minimum absolute atomic E-state index is 0.263. The molecule has 0 bridgehead atoms. The van der Waals surface area contributed by atoms with E-state index in [9.17, 15) is 0 Å². The number of hydrogen-bond acceptors (Lipinski definition) is 4. The summed E-state index contributed by atoms with van der Waals surface area (Å²) in [5.74, 6) is 2.84. The maximum absolute atomic E-state index is 6.08. The van der Waals surface area contributed by atoms with E-state index in [0.717, 1.165) is 62.1 Å². The van der Waals surface area contributed by atoms with Crippen LogP contribution in [0.25, 0.3) is 5.65 Å². The van der Waals surface area contributed by atoms with Crippen LogP contribution in [0.4, 0.5) is 0 Å². The minimum atomic E-state index is 0.263. The van der Waals surface area contributed by atoms with Crippen LogP contribution in [0, 0.1) is 0 Å². The van der Waals surface area contributed by atoms with Crippen LogP contribution in [0.3, 0.4) is 0 Å². The Bertz CT molecular complexity index is 915. The number of para-hydroxylation sites is 1. The van der Waals surface area contributed by atoms with Crippen LogP contribution in [0.1, 0.15) is 18.7 Å². The van der Waals surface area contributed by atoms with E-state index in [2.05, 4.69) is 25.4 Å². The zero-order valence-corrected chi connectivity index (χ0v) is 16.2. The van der Waals surface area contributed by atoms with Crippen molar-refractivity contribution in [3.05, 3.63) is 60.6 Å². The highest BCUT2D eigenvalue weighted by Gasteiger charge is 2.22. The van der Waals surface area contributed by atoms with E-state index < -0.39 is 0 Å². The van der Waals surface area contributed by atoms with Gasteiger partial charge in [-0.1, -0.05) is 24.3 Å². The lowest BCUT2D eigenvalue weighted by Gasteiger charge is -2.34. The first kappa shape index (κ1) is 18.3. The summed E-state index contributed by atoms with van der Waals surface area (Å²) >= 11 is 0. The van der Waals surface area contributed by atoms with Crippen LogP contribution in [0.2, 0.25) is 0 Å². The first-order chi connectivity index (χ1) is 13.8. The van der Waals surface area contributed by atoms with Crippen molar-refractivity contribution >= 4 is 11.6 Å². The molecule has 0 amide bonds. The highest BCUT2D eigenvalue weighted by molar-refractivity contribution is 5.79. The number of rotatable bonds is 5. The number of likely N-dealkylation sites (tertiary alicyclic amines) is 1. The maximum Gasteiger partial charge on any atom is 0.193 e. The molecule has 1 fully saturated rings. The summed E-state index contributed by atoms with van der Waals surface area (Å²) < 4.78 is 8.11. The van der Waals surface area contributed by atoms with Crippen molar-refractivity contribution in [1.29, 1.82) is 0 Å². The maximum atomic E-state index is 6.08. The van der Waals surface area contributed by atoms with Crippen molar-refractivity contribution in [2.45, 2.75) is 25.4 Å². The van der Waals surface area contributed by atoms with E-state index >= 15 is 0 Å². The molecule has 28 heavy (non-hydrogen) atoms. The highest BCUT2D eigenvalue weighted by atomic mass is 16.5. The van der Waals surface area contributed by atoms with Gasteiger partial charge in [0.15, 0.2) is 11.6 Å². The molecule has 7 heteroatoms. The zero-order chi connectivity index (χ0) is 19.2. The van der Waals surface area contributed by atoms with Gasteiger partial charge < -0.3 is 15.0 Å². The van der Waals surface area contributed by atoms with E-state index in [1.807, 2.05) is 66.2 Å². The monoisotopic (exact) mass is 378 g/mol. The molecule has 1 aliphatic rings. The molecular weight excluding hydrogens is 352 g/mol. The van der Waals surface area contributed by atoms with Crippen LogP contribution in [-0.4, -0.2) is 58.2 Å². The van der Waals surface area contributed by atoms with Gasteiger partial charge in [-0.3, -0.25) is 9.39 Å².